The summed E-state index contributed by atoms with van der Waals surface area (Å²) in [4.78, 5) is 25.2. The molecule has 0 bridgehead atoms. The molecule has 3 nitrogen and oxygen atoms in total. The summed E-state index contributed by atoms with van der Waals surface area (Å²) in [6.45, 7) is 13.6. The van der Waals surface area contributed by atoms with Gasteiger partial charge in [0.2, 0.25) is 0 Å². The van der Waals surface area contributed by atoms with E-state index in [0.29, 0.717) is 76.4 Å². The fourth-order valence-corrected chi connectivity index (χ4v) is 9.16. The maximum atomic E-state index is 13.7. The molecule has 0 spiro atoms. The molecule has 4 rings (SSSR count). The Kier molecular flexibility index (Phi) is 6.49. The third-order valence-corrected chi connectivity index (χ3v) is 10.8. The zero-order valence-corrected chi connectivity index (χ0v) is 21.0. The van der Waals surface area contributed by atoms with Gasteiger partial charge < -0.3 is 10.1 Å². The maximum Gasteiger partial charge on any atom is 0.136 e. The van der Waals surface area contributed by atoms with Crippen LogP contribution in [0.2, 0.25) is 0 Å². The smallest absolute Gasteiger partial charge is 0.136 e. The van der Waals surface area contributed by atoms with E-state index >= 15 is 0 Å². The average Bonchev–Trinajstić information content (AvgIpc) is 3.04. The summed E-state index contributed by atoms with van der Waals surface area (Å²) in [6, 6.07) is 1.12. The Balaban J connectivity index is 1.52. The lowest BCUT2D eigenvalue weighted by atomic mass is 9.44. The van der Waals surface area contributed by atoms with Crippen LogP contribution in [-0.2, 0) is 9.59 Å². The van der Waals surface area contributed by atoms with E-state index in [9.17, 15) is 9.59 Å². The zero-order chi connectivity index (χ0) is 22.6. The Morgan fingerprint density at radius 1 is 1.03 bits per heavy atom. The van der Waals surface area contributed by atoms with Crippen LogP contribution >= 0.6 is 0 Å². The van der Waals surface area contributed by atoms with Crippen LogP contribution < -0.4 is 5.32 Å². The van der Waals surface area contributed by atoms with Crippen molar-refractivity contribution in [1.82, 2.24) is 5.32 Å². The molecule has 4 aliphatic rings. The second-order valence-electron chi connectivity index (χ2n) is 12.9. The van der Waals surface area contributed by atoms with Crippen molar-refractivity contribution in [3.63, 3.8) is 0 Å². The zero-order valence-electron chi connectivity index (χ0n) is 21.0. The fourth-order valence-electron chi connectivity index (χ4n) is 9.16. The van der Waals surface area contributed by atoms with E-state index in [0.717, 1.165) is 12.8 Å². The van der Waals surface area contributed by atoms with Gasteiger partial charge in [-0.2, -0.15) is 0 Å². The third-order valence-electron chi connectivity index (χ3n) is 10.8. The molecule has 1 N–H and O–H groups in total. The Bertz CT molecular complexity index is 701. The number of carbonyl (C=O) groups excluding carboxylic acids is 2. The van der Waals surface area contributed by atoms with Gasteiger partial charge in [0, 0.05) is 30.8 Å². The van der Waals surface area contributed by atoms with Gasteiger partial charge in [-0.15, -0.1) is 0 Å². The van der Waals surface area contributed by atoms with Crippen LogP contribution in [-0.4, -0.2) is 23.7 Å². The van der Waals surface area contributed by atoms with E-state index in [2.05, 4.69) is 39.9 Å². The molecular formula is C28H47NO2. The van der Waals surface area contributed by atoms with Crippen LogP contribution in [0.1, 0.15) is 106 Å². The van der Waals surface area contributed by atoms with E-state index in [1.165, 1.54) is 44.9 Å². The predicted octanol–water partition coefficient (Wildman–Crippen LogP) is 6.20. The van der Waals surface area contributed by atoms with Crippen LogP contribution in [0.25, 0.3) is 0 Å². The molecule has 0 amide bonds. The van der Waals surface area contributed by atoms with Crippen LogP contribution in [0.5, 0.6) is 0 Å². The quantitative estimate of drug-likeness (QED) is 0.547. The van der Waals surface area contributed by atoms with E-state index in [4.69, 9.17) is 0 Å². The van der Waals surface area contributed by atoms with Crippen molar-refractivity contribution in [2.24, 2.45) is 46.3 Å². The first-order valence-corrected chi connectivity index (χ1v) is 13.3. The van der Waals surface area contributed by atoms with Gasteiger partial charge in [-0.05, 0) is 98.7 Å². The summed E-state index contributed by atoms with van der Waals surface area (Å²) in [6.07, 6.45) is 11.3. The molecule has 0 heterocycles. The lowest BCUT2D eigenvalue weighted by Crippen LogP contribution is -2.58. The number of rotatable bonds is 6. The lowest BCUT2D eigenvalue weighted by molar-refractivity contribution is -0.157. The predicted molar refractivity (Wildman–Crippen MR) is 127 cm³/mol. The topological polar surface area (TPSA) is 46.2 Å². The Hall–Kier alpha value is -0.700. The normalized spacial score (nSPS) is 45.7. The third kappa shape index (κ3) is 4.06. The molecule has 0 saturated heterocycles. The van der Waals surface area contributed by atoms with Crippen molar-refractivity contribution in [2.75, 3.05) is 0 Å². The summed E-state index contributed by atoms with van der Waals surface area (Å²) in [5, 5.41) is 3.76. The average molecular weight is 430 g/mol. The van der Waals surface area contributed by atoms with E-state index in [1.54, 1.807) is 6.92 Å². The maximum absolute atomic E-state index is 13.7. The van der Waals surface area contributed by atoms with Gasteiger partial charge in [0.1, 0.15) is 11.6 Å². The number of hydrogen-bond acceptors (Lipinski definition) is 3. The largest absolute Gasteiger partial charge is 0.312 e. The molecule has 9 atom stereocenters. The van der Waals surface area contributed by atoms with Gasteiger partial charge in [0.25, 0.3) is 0 Å². The molecular weight excluding hydrogens is 382 g/mol. The van der Waals surface area contributed by atoms with Gasteiger partial charge in [-0.25, -0.2) is 0 Å². The molecule has 4 fully saturated rings. The molecule has 0 aromatic rings. The molecule has 0 aliphatic heterocycles. The van der Waals surface area contributed by atoms with E-state index in [1.807, 2.05) is 0 Å². The summed E-state index contributed by atoms with van der Waals surface area (Å²) < 4.78 is 0. The molecule has 0 radical (unpaired) electrons. The number of Topliss-reactive ketones (excluding diaryl/α,β-unsaturated/α-hetero) is 2. The minimum absolute atomic E-state index is 0.298. The highest BCUT2D eigenvalue weighted by molar-refractivity contribution is 5.83. The van der Waals surface area contributed by atoms with Gasteiger partial charge >= 0.3 is 0 Å². The molecule has 3 heteroatoms. The highest BCUT2D eigenvalue weighted by Crippen LogP contribution is 2.67. The molecule has 0 aromatic heterocycles. The molecule has 4 saturated carbocycles. The number of nitrogens with one attached hydrogen (secondary N) is 1. The first-order chi connectivity index (χ1) is 14.6. The van der Waals surface area contributed by atoms with Gasteiger partial charge in [-0.1, -0.05) is 34.6 Å². The first-order valence-electron chi connectivity index (χ1n) is 13.3. The van der Waals surface area contributed by atoms with Crippen LogP contribution in [0.4, 0.5) is 0 Å². The summed E-state index contributed by atoms with van der Waals surface area (Å²) in [7, 11) is 0. The second-order valence-corrected chi connectivity index (χ2v) is 12.9. The first kappa shape index (κ1) is 23.5. The fraction of sp³-hybridized carbons (Fsp3) is 0.929. The van der Waals surface area contributed by atoms with Crippen molar-refractivity contribution in [3.8, 4) is 0 Å². The molecule has 31 heavy (non-hydrogen) atoms. The van der Waals surface area contributed by atoms with Gasteiger partial charge in [0.05, 0.1) is 0 Å². The van der Waals surface area contributed by atoms with Crippen molar-refractivity contribution in [1.29, 1.82) is 0 Å². The second kappa shape index (κ2) is 8.58. The van der Waals surface area contributed by atoms with Gasteiger partial charge in [0.15, 0.2) is 0 Å². The molecule has 0 aromatic carbocycles. The van der Waals surface area contributed by atoms with Crippen molar-refractivity contribution < 1.29 is 9.59 Å². The van der Waals surface area contributed by atoms with Crippen molar-refractivity contribution >= 4 is 11.6 Å². The Morgan fingerprint density at radius 3 is 2.39 bits per heavy atom. The van der Waals surface area contributed by atoms with E-state index in [-0.39, 0.29) is 0 Å². The molecule has 176 valence electrons. The number of fused-ring (bicyclic) bond motifs is 5. The number of hydrogen-bond donors (Lipinski definition) is 1. The minimum atomic E-state index is 0.298. The monoisotopic (exact) mass is 429 g/mol. The van der Waals surface area contributed by atoms with E-state index < -0.39 is 0 Å². The van der Waals surface area contributed by atoms with Gasteiger partial charge in [-0.3, -0.25) is 4.79 Å². The van der Waals surface area contributed by atoms with Crippen LogP contribution in [0.15, 0.2) is 0 Å². The Morgan fingerprint density at radius 2 is 1.71 bits per heavy atom. The highest BCUT2D eigenvalue weighted by Gasteiger charge is 2.63. The van der Waals surface area contributed by atoms with Crippen LogP contribution in [0.3, 0.4) is 0 Å². The standard InChI is InChI=1S/C28H47NO2/c1-17(2)29-21-11-13-27(5)20(15-21)16-25(31)26-23-10-9-22(18(3)7-8-19(4)30)28(23,6)14-12-24(26)27/h17-18,20-24,26,29H,7-16H2,1-6H3/t18-,20+,21?,22-,23+,24+,26+,27+,28-/m1/s1. The molecule has 1 unspecified atom stereocenters. The number of ketones is 2. The Labute approximate surface area is 190 Å². The van der Waals surface area contributed by atoms with Crippen molar-refractivity contribution in [3.05, 3.63) is 0 Å². The van der Waals surface area contributed by atoms with Crippen molar-refractivity contribution in [2.45, 2.75) is 118 Å². The summed E-state index contributed by atoms with van der Waals surface area (Å²) in [5.41, 5.74) is 0.653. The SMILES string of the molecule is CC(=O)CC[C@@H](C)[C@H]1CC[C@H]2[C@@H]3C(=O)C[C@@H]4CC(NC(C)C)CC[C@]4(C)[C@H]3CC[C@]12C. The summed E-state index contributed by atoms with van der Waals surface area (Å²) in [5.74, 6) is 4.25. The lowest BCUT2D eigenvalue weighted by Gasteiger charge is -2.60. The number of carbonyl (C=O) groups is 2. The highest BCUT2D eigenvalue weighted by atomic mass is 16.1. The minimum Gasteiger partial charge on any atom is -0.312 e. The van der Waals surface area contributed by atoms with Crippen LogP contribution in [0, 0.1) is 46.3 Å². The summed E-state index contributed by atoms with van der Waals surface area (Å²) >= 11 is 0. The molecule has 4 aliphatic carbocycles.